The maximum Gasteiger partial charge on any atom is 0.271 e. The van der Waals surface area contributed by atoms with Crippen LogP contribution >= 0.6 is 0 Å². The molecule has 0 aliphatic carbocycles. The molecule has 0 unspecified atom stereocenters. The van der Waals surface area contributed by atoms with E-state index in [4.69, 9.17) is 14.2 Å². The minimum atomic E-state index is -0.316. The van der Waals surface area contributed by atoms with Crippen LogP contribution in [-0.4, -0.2) is 32.9 Å². The number of hydrazone groups is 1. The Bertz CT molecular complexity index is 729. The first-order valence-electron chi connectivity index (χ1n) is 7.46. The van der Waals surface area contributed by atoms with Gasteiger partial charge in [-0.1, -0.05) is 6.07 Å². The minimum Gasteiger partial charge on any atom is -0.497 e. The van der Waals surface area contributed by atoms with Gasteiger partial charge in [-0.25, -0.2) is 5.43 Å². The average Bonchev–Trinajstić information content (AvgIpc) is 2.62. The molecule has 1 amide bonds. The maximum absolute atomic E-state index is 12.0. The highest BCUT2D eigenvalue weighted by molar-refractivity contribution is 5.95. The van der Waals surface area contributed by atoms with Gasteiger partial charge in [0.05, 0.1) is 27.0 Å². The Morgan fingerprint density at radius 1 is 1.12 bits per heavy atom. The fourth-order valence-corrected chi connectivity index (χ4v) is 2.04. The van der Waals surface area contributed by atoms with Crippen molar-refractivity contribution >= 4 is 12.1 Å². The first-order valence-corrected chi connectivity index (χ1v) is 7.46. The van der Waals surface area contributed by atoms with E-state index in [0.717, 1.165) is 5.56 Å². The van der Waals surface area contributed by atoms with E-state index in [1.54, 1.807) is 56.8 Å². The van der Waals surface area contributed by atoms with Crippen molar-refractivity contribution in [1.82, 2.24) is 5.43 Å². The predicted molar refractivity (Wildman–Crippen MR) is 92.2 cm³/mol. The number of nitrogens with one attached hydrogen (secondary N) is 1. The van der Waals surface area contributed by atoms with Gasteiger partial charge in [0.15, 0.2) is 11.5 Å². The number of hydrogen-bond donors (Lipinski definition) is 1. The molecular weight excluding hydrogens is 308 g/mol. The highest BCUT2D eigenvalue weighted by atomic mass is 16.5. The van der Waals surface area contributed by atoms with Gasteiger partial charge in [0.2, 0.25) is 0 Å². The van der Waals surface area contributed by atoms with Gasteiger partial charge in [0.1, 0.15) is 5.75 Å². The zero-order valence-corrected chi connectivity index (χ0v) is 13.9. The van der Waals surface area contributed by atoms with Gasteiger partial charge in [-0.3, -0.25) is 4.79 Å². The summed E-state index contributed by atoms with van der Waals surface area (Å²) in [6.07, 6.45) is 1.54. The lowest BCUT2D eigenvalue weighted by atomic mass is 10.2. The number of carbonyl (C=O) groups excluding carboxylic acids is 1. The first-order chi connectivity index (χ1) is 11.7. The molecule has 0 heterocycles. The molecule has 2 rings (SSSR count). The van der Waals surface area contributed by atoms with Crippen LogP contribution in [0.1, 0.15) is 22.8 Å². The summed E-state index contributed by atoms with van der Waals surface area (Å²) < 4.78 is 15.8. The number of nitrogens with zero attached hydrogens (tertiary/aromatic N) is 1. The van der Waals surface area contributed by atoms with E-state index in [0.29, 0.717) is 29.4 Å². The van der Waals surface area contributed by atoms with Crippen molar-refractivity contribution in [3.8, 4) is 17.2 Å². The molecule has 0 atom stereocenters. The molecule has 0 aromatic heterocycles. The van der Waals surface area contributed by atoms with Crippen LogP contribution in [0.4, 0.5) is 0 Å². The number of benzene rings is 2. The quantitative estimate of drug-likeness (QED) is 0.627. The molecule has 24 heavy (non-hydrogen) atoms. The molecule has 2 aromatic rings. The number of amides is 1. The summed E-state index contributed by atoms with van der Waals surface area (Å²) in [5.41, 5.74) is 3.73. The van der Waals surface area contributed by atoms with Crippen molar-refractivity contribution in [3.63, 3.8) is 0 Å². The second-order valence-electron chi connectivity index (χ2n) is 4.77. The molecule has 0 radical (unpaired) electrons. The Balaban J connectivity index is 2.05. The summed E-state index contributed by atoms with van der Waals surface area (Å²) in [5.74, 6) is 1.57. The van der Waals surface area contributed by atoms with Gasteiger partial charge < -0.3 is 14.2 Å². The van der Waals surface area contributed by atoms with E-state index < -0.39 is 0 Å². The Morgan fingerprint density at radius 2 is 1.96 bits per heavy atom. The lowest BCUT2D eigenvalue weighted by Crippen LogP contribution is -2.17. The van der Waals surface area contributed by atoms with Crippen molar-refractivity contribution in [2.24, 2.45) is 5.10 Å². The van der Waals surface area contributed by atoms with Gasteiger partial charge in [0.25, 0.3) is 5.91 Å². The van der Waals surface area contributed by atoms with Crippen molar-refractivity contribution in [2.75, 3.05) is 20.8 Å². The number of hydrogen-bond acceptors (Lipinski definition) is 5. The molecule has 0 saturated carbocycles. The van der Waals surface area contributed by atoms with Gasteiger partial charge in [-0.15, -0.1) is 0 Å². The van der Waals surface area contributed by atoms with Gasteiger partial charge in [-0.05, 0) is 48.9 Å². The molecule has 0 aliphatic heterocycles. The fourth-order valence-electron chi connectivity index (χ4n) is 2.04. The van der Waals surface area contributed by atoms with E-state index in [-0.39, 0.29) is 5.91 Å². The molecule has 0 spiro atoms. The SMILES string of the molecule is CCOc1cc(/C=N/NC(=O)c2cccc(OC)c2)ccc1OC. The smallest absolute Gasteiger partial charge is 0.271 e. The molecule has 0 saturated heterocycles. The zero-order chi connectivity index (χ0) is 17.4. The highest BCUT2D eigenvalue weighted by Crippen LogP contribution is 2.27. The number of methoxy groups -OCH3 is 2. The van der Waals surface area contributed by atoms with E-state index in [1.165, 1.54) is 0 Å². The lowest BCUT2D eigenvalue weighted by molar-refractivity contribution is 0.0955. The van der Waals surface area contributed by atoms with Crippen LogP contribution in [0.5, 0.6) is 17.2 Å². The molecule has 2 aromatic carbocycles. The summed E-state index contributed by atoms with van der Waals surface area (Å²) >= 11 is 0. The standard InChI is InChI=1S/C18H20N2O4/c1-4-24-17-10-13(8-9-16(17)23-3)12-19-20-18(21)14-6-5-7-15(11-14)22-2/h5-12H,4H2,1-3H3,(H,20,21)/b19-12+. The Labute approximate surface area is 141 Å². The third-order valence-corrected chi connectivity index (χ3v) is 3.20. The molecule has 6 nitrogen and oxygen atoms in total. The Morgan fingerprint density at radius 3 is 2.67 bits per heavy atom. The van der Waals surface area contributed by atoms with Crippen LogP contribution in [0.2, 0.25) is 0 Å². The highest BCUT2D eigenvalue weighted by Gasteiger charge is 2.06. The van der Waals surface area contributed by atoms with Crippen LogP contribution in [0.25, 0.3) is 0 Å². The van der Waals surface area contributed by atoms with E-state index in [1.807, 2.05) is 13.0 Å². The molecule has 1 N–H and O–H groups in total. The second-order valence-corrected chi connectivity index (χ2v) is 4.77. The van der Waals surface area contributed by atoms with Gasteiger partial charge in [-0.2, -0.15) is 5.10 Å². The lowest BCUT2D eigenvalue weighted by Gasteiger charge is -2.09. The number of ether oxygens (including phenoxy) is 3. The van der Waals surface area contributed by atoms with Crippen LogP contribution in [-0.2, 0) is 0 Å². The molecule has 126 valence electrons. The van der Waals surface area contributed by atoms with Crippen molar-refractivity contribution in [3.05, 3.63) is 53.6 Å². The molecule has 0 fully saturated rings. The summed E-state index contributed by atoms with van der Waals surface area (Å²) in [5, 5.41) is 3.97. The average molecular weight is 328 g/mol. The van der Waals surface area contributed by atoms with Crippen molar-refractivity contribution in [1.29, 1.82) is 0 Å². The first kappa shape index (κ1) is 17.3. The van der Waals surface area contributed by atoms with Gasteiger partial charge >= 0.3 is 0 Å². The normalized spacial score (nSPS) is 10.5. The van der Waals surface area contributed by atoms with Crippen molar-refractivity contribution in [2.45, 2.75) is 6.92 Å². The summed E-state index contributed by atoms with van der Waals surface area (Å²) in [4.78, 5) is 12.0. The zero-order valence-electron chi connectivity index (χ0n) is 13.9. The Kier molecular flexibility index (Phi) is 6.19. The molecular formula is C18H20N2O4. The third kappa shape index (κ3) is 4.49. The minimum absolute atomic E-state index is 0.316. The van der Waals surface area contributed by atoms with E-state index in [9.17, 15) is 4.79 Å². The molecule has 0 aliphatic rings. The van der Waals surface area contributed by atoms with E-state index in [2.05, 4.69) is 10.5 Å². The van der Waals surface area contributed by atoms with Crippen LogP contribution in [0.3, 0.4) is 0 Å². The third-order valence-electron chi connectivity index (χ3n) is 3.20. The van der Waals surface area contributed by atoms with Gasteiger partial charge in [0, 0.05) is 5.56 Å². The van der Waals surface area contributed by atoms with E-state index >= 15 is 0 Å². The summed E-state index contributed by atoms with van der Waals surface area (Å²) in [6, 6.07) is 12.3. The summed E-state index contributed by atoms with van der Waals surface area (Å²) in [6.45, 7) is 2.43. The Hall–Kier alpha value is -3.02. The fraction of sp³-hybridized carbons (Fsp3) is 0.222. The number of carbonyl (C=O) groups is 1. The molecule has 0 bridgehead atoms. The second kappa shape index (κ2) is 8.57. The number of rotatable bonds is 7. The van der Waals surface area contributed by atoms with Crippen molar-refractivity contribution < 1.29 is 19.0 Å². The summed E-state index contributed by atoms with van der Waals surface area (Å²) in [7, 11) is 3.13. The predicted octanol–water partition coefficient (Wildman–Crippen LogP) is 2.87. The maximum atomic E-state index is 12.0. The largest absolute Gasteiger partial charge is 0.497 e. The topological polar surface area (TPSA) is 69.2 Å². The molecule has 6 heteroatoms. The van der Waals surface area contributed by atoms with Crippen LogP contribution in [0, 0.1) is 0 Å². The monoisotopic (exact) mass is 328 g/mol. The van der Waals surface area contributed by atoms with Crippen LogP contribution < -0.4 is 19.6 Å². The van der Waals surface area contributed by atoms with Crippen LogP contribution in [0.15, 0.2) is 47.6 Å².